The first kappa shape index (κ1) is 20.0. The van der Waals surface area contributed by atoms with E-state index in [-0.39, 0.29) is 12.5 Å². The van der Waals surface area contributed by atoms with Gasteiger partial charge in [-0.1, -0.05) is 43.3 Å². The van der Waals surface area contributed by atoms with Crippen molar-refractivity contribution in [2.24, 2.45) is 0 Å². The fourth-order valence-electron chi connectivity index (χ4n) is 3.91. The van der Waals surface area contributed by atoms with Gasteiger partial charge in [-0.3, -0.25) is 14.7 Å². The highest BCUT2D eigenvalue weighted by Crippen LogP contribution is 2.29. The molecule has 0 saturated heterocycles. The van der Waals surface area contributed by atoms with E-state index in [4.69, 9.17) is 9.72 Å². The molecule has 0 radical (unpaired) electrons. The summed E-state index contributed by atoms with van der Waals surface area (Å²) < 4.78 is 5.43. The van der Waals surface area contributed by atoms with Gasteiger partial charge in [0.15, 0.2) is 6.61 Å². The van der Waals surface area contributed by atoms with Crippen LogP contribution in [-0.2, 0) is 22.5 Å². The Morgan fingerprint density at radius 1 is 1.10 bits per heavy atom. The Labute approximate surface area is 175 Å². The molecular formula is C24H25N3O3. The van der Waals surface area contributed by atoms with Crippen molar-refractivity contribution in [3.05, 3.63) is 71.4 Å². The average Bonchev–Trinajstić information content (AvgIpc) is 2.77. The van der Waals surface area contributed by atoms with Gasteiger partial charge in [0.2, 0.25) is 0 Å². The van der Waals surface area contributed by atoms with Crippen LogP contribution in [0.2, 0.25) is 0 Å². The van der Waals surface area contributed by atoms with Crippen LogP contribution in [0.1, 0.15) is 35.0 Å². The number of benzene rings is 2. The number of pyridine rings is 1. The second kappa shape index (κ2) is 9.05. The number of amides is 1. The summed E-state index contributed by atoms with van der Waals surface area (Å²) in [6.07, 6.45) is 1.85. The van der Waals surface area contributed by atoms with Gasteiger partial charge in [-0.2, -0.15) is 0 Å². The number of rotatable bonds is 6. The highest BCUT2D eigenvalue weighted by molar-refractivity contribution is 6.06. The van der Waals surface area contributed by atoms with Crippen molar-refractivity contribution in [2.75, 3.05) is 25.0 Å². The zero-order valence-electron chi connectivity index (χ0n) is 17.1. The van der Waals surface area contributed by atoms with Crippen molar-refractivity contribution in [3.8, 4) is 0 Å². The number of carbonyl (C=O) groups is 2. The molecule has 30 heavy (non-hydrogen) atoms. The fourth-order valence-corrected chi connectivity index (χ4v) is 3.91. The number of hydrogen-bond acceptors (Lipinski definition) is 5. The SMILES string of the molecule is CCCN1CCc2nc3ccccc3c(C(=O)OCC(=O)Nc3ccccc3)c2C1. The molecule has 0 bridgehead atoms. The lowest BCUT2D eigenvalue weighted by Crippen LogP contribution is -2.33. The number of ether oxygens (including phenoxy) is 1. The zero-order chi connectivity index (χ0) is 20.9. The van der Waals surface area contributed by atoms with E-state index in [0.717, 1.165) is 48.1 Å². The number of esters is 1. The maximum Gasteiger partial charge on any atom is 0.339 e. The Hall–Kier alpha value is -3.25. The summed E-state index contributed by atoms with van der Waals surface area (Å²) in [5, 5.41) is 3.50. The van der Waals surface area contributed by atoms with E-state index in [1.165, 1.54) is 0 Å². The summed E-state index contributed by atoms with van der Waals surface area (Å²) in [6, 6.07) is 16.7. The lowest BCUT2D eigenvalue weighted by Gasteiger charge is -2.29. The molecule has 0 aliphatic carbocycles. The molecule has 6 heteroatoms. The first-order chi connectivity index (χ1) is 14.7. The minimum Gasteiger partial charge on any atom is -0.452 e. The fraction of sp³-hybridized carbons (Fsp3) is 0.292. The van der Waals surface area contributed by atoms with Crippen molar-refractivity contribution >= 4 is 28.5 Å². The van der Waals surface area contributed by atoms with Crippen molar-refractivity contribution in [1.82, 2.24) is 9.88 Å². The van der Waals surface area contributed by atoms with Crippen LogP contribution in [0, 0.1) is 0 Å². The highest BCUT2D eigenvalue weighted by Gasteiger charge is 2.26. The Morgan fingerprint density at radius 3 is 2.67 bits per heavy atom. The average molecular weight is 403 g/mol. The first-order valence-electron chi connectivity index (χ1n) is 10.3. The molecule has 0 fully saturated rings. The van der Waals surface area contributed by atoms with Gasteiger partial charge in [-0.25, -0.2) is 4.79 Å². The monoisotopic (exact) mass is 403 g/mol. The molecule has 0 saturated carbocycles. The predicted molar refractivity (Wildman–Crippen MR) is 116 cm³/mol. The number of carbonyl (C=O) groups excluding carboxylic acids is 2. The van der Waals surface area contributed by atoms with E-state index in [1.807, 2.05) is 42.5 Å². The summed E-state index contributed by atoms with van der Waals surface area (Å²) in [5.74, 6) is -0.846. The van der Waals surface area contributed by atoms with Gasteiger partial charge in [0, 0.05) is 41.8 Å². The van der Waals surface area contributed by atoms with E-state index in [0.29, 0.717) is 17.8 Å². The Bertz CT molecular complexity index is 1070. The first-order valence-corrected chi connectivity index (χ1v) is 10.3. The smallest absolute Gasteiger partial charge is 0.339 e. The lowest BCUT2D eigenvalue weighted by molar-refractivity contribution is -0.119. The molecule has 1 amide bonds. The van der Waals surface area contributed by atoms with Crippen LogP contribution in [-0.4, -0.2) is 41.5 Å². The second-order valence-electron chi connectivity index (χ2n) is 7.45. The van der Waals surface area contributed by atoms with Gasteiger partial charge in [-0.15, -0.1) is 0 Å². The van der Waals surface area contributed by atoms with Crippen molar-refractivity contribution in [2.45, 2.75) is 26.3 Å². The van der Waals surface area contributed by atoms with Crippen LogP contribution >= 0.6 is 0 Å². The summed E-state index contributed by atoms with van der Waals surface area (Å²) >= 11 is 0. The molecule has 2 heterocycles. The largest absolute Gasteiger partial charge is 0.452 e. The third-order valence-corrected chi connectivity index (χ3v) is 5.26. The molecule has 1 aromatic heterocycles. The molecule has 0 unspecified atom stereocenters. The van der Waals surface area contributed by atoms with Gasteiger partial charge >= 0.3 is 5.97 Å². The van der Waals surface area contributed by atoms with Crippen LogP contribution < -0.4 is 5.32 Å². The number of hydrogen-bond donors (Lipinski definition) is 1. The third kappa shape index (κ3) is 4.33. The summed E-state index contributed by atoms with van der Waals surface area (Å²) in [5.41, 5.74) is 3.84. The quantitative estimate of drug-likeness (QED) is 0.634. The number of aromatic nitrogens is 1. The Morgan fingerprint density at radius 2 is 1.87 bits per heavy atom. The molecule has 4 rings (SSSR count). The third-order valence-electron chi connectivity index (χ3n) is 5.26. The molecule has 3 aromatic rings. The minimum atomic E-state index is -0.480. The van der Waals surface area contributed by atoms with E-state index < -0.39 is 5.97 Å². The molecule has 0 spiro atoms. The van der Waals surface area contributed by atoms with E-state index in [9.17, 15) is 9.59 Å². The lowest BCUT2D eigenvalue weighted by atomic mass is 9.95. The molecule has 0 atom stereocenters. The summed E-state index contributed by atoms with van der Waals surface area (Å²) in [7, 11) is 0. The zero-order valence-corrected chi connectivity index (χ0v) is 17.1. The van der Waals surface area contributed by atoms with Crippen molar-refractivity contribution in [3.63, 3.8) is 0 Å². The minimum absolute atomic E-state index is 0.335. The van der Waals surface area contributed by atoms with Crippen LogP contribution in [0.25, 0.3) is 10.9 Å². The van der Waals surface area contributed by atoms with Crippen LogP contribution in [0.5, 0.6) is 0 Å². The molecule has 2 aromatic carbocycles. The number of anilines is 1. The number of fused-ring (bicyclic) bond motifs is 2. The standard InChI is InChI=1S/C24H25N3O3/c1-2-13-27-14-12-21-19(15-27)23(18-10-6-7-11-20(18)26-21)24(29)30-16-22(28)25-17-8-4-3-5-9-17/h3-11H,2,12-16H2,1H3,(H,25,28). The predicted octanol–water partition coefficient (Wildman–Crippen LogP) is 3.80. The summed E-state index contributed by atoms with van der Waals surface area (Å²) in [4.78, 5) is 32.5. The van der Waals surface area contributed by atoms with Gasteiger partial charge in [-0.05, 0) is 31.2 Å². The van der Waals surface area contributed by atoms with Crippen LogP contribution in [0.3, 0.4) is 0 Å². The topological polar surface area (TPSA) is 71.5 Å². The molecule has 1 aliphatic rings. The second-order valence-corrected chi connectivity index (χ2v) is 7.45. The Kier molecular flexibility index (Phi) is 6.05. The van der Waals surface area contributed by atoms with Gasteiger partial charge in [0.05, 0.1) is 11.1 Å². The van der Waals surface area contributed by atoms with E-state index in [1.54, 1.807) is 12.1 Å². The van der Waals surface area contributed by atoms with Crippen LogP contribution in [0.4, 0.5) is 5.69 Å². The van der Waals surface area contributed by atoms with Crippen LogP contribution in [0.15, 0.2) is 54.6 Å². The maximum absolute atomic E-state index is 13.1. The Balaban J connectivity index is 1.58. The number of nitrogens with zero attached hydrogens (tertiary/aromatic N) is 2. The van der Waals surface area contributed by atoms with Gasteiger partial charge in [0.25, 0.3) is 5.91 Å². The van der Waals surface area contributed by atoms with E-state index >= 15 is 0 Å². The number of para-hydroxylation sites is 2. The van der Waals surface area contributed by atoms with Gasteiger partial charge in [0.1, 0.15) is 0 Å². The normalized spacial score (nSPS) is 13.6. The number of nitrogens with one attached hydrogen (secondary N) is 1. The molecular weight excluding hydrogens is 378 g/mol. The van der Waals surface area contributed by atoms with E-state index in [2.05, 4.69) is 17.1 Å². The summed E-state index contributed by atoms with van der Waals surface area (Å²) in [6.45, 7) is 4.38. The van der Waals surface area contributed by atoms with Crippen molar-refractivity contribution in [1.29, 1.82) is 0 Å². The molecule has 6 nitrogen and oxygen atoms in total. The molecule has 1 N–H and O–H groups in total. The highest BCUT2D eigenvalue weighted by atomic mass is 16.5. The van der Waals surface area contributed by atoms with Crippen molar-refractivity contribution < 1.29 is 14.3 Å². The molecule has 154 valence electrons. The maximum atomic E-state index is 13.1. The van der Waals surface area contributed by atoms with Gasteiger partial charge < -0.3 is 10.1 Å². The molecule has 1 aliphatic heterocycles.